The van der Waals surface area contributed by atoms with Gasteiger partial charge in [-0.15, -0.1) is 0 Å². The summed E-state index contributed by atoms with van der Waals surface area (Å²) in [5.74, 6) is 1.53. The van der Waals surface area contributed by atoms with Crippen LogP contribution in [0.3, 0.4) is 0 Å². The largest absolute Gasteiger partial charge is 0.457 e. The Hall–Kier alpha value is -2.31. The van der Waals surface area contributed by atoms with Crippen molar-refractivity contribution >= 4 is 18.3 Å². The van der Waals surface area contributed by atoms with Gasteiger partial charge in [-0.05, 0) is 47.4 Å². The maximum absolute atomic E-state index is 12.4. The van der Waals surface area contributed by atoms with E-state index in [1.165, 1.54) is 11.0 Å². The maximum Gasteiger partial charge on any atom is 0.324 e. The molecule has 2 aromatic rings. The predicted octanol–water partition coefficient (Wildman–Crippen LogP) is 2.31. The highest BCUT2D eigenvalue weighted by Crippen LogP contribution is 2.24. The van der Waals surface area contributed by atoms with Gasteiger partial charge in [0.05, 0.1) is 19.8 Å². The van der Waals surface area contributed by atoms with Gasteiger partial charge < -0.3 is 19.0 Å². The monoisotopic (exact) mass is 337 g/mol. The first-order chi connectivity index (χ1) is 12.2. The van der Waals surface area contributed by atoms with Crippen LogP contribution in [0.2, 0.25) is 6.82 Å². The van der Waals surface area contributed by atoms with Gasteiger partial charge in [0.25, 0.3) is 5.91 Å². The second-order valence-electron chi connectivity index (χ2n) is 6.34. The van der Waals surface area contributed by atoms with Crippen LogP contribution >= 0.6 is 0 Å². The molecule has 1 saturated heterocycles. The van der Waals surface area contributed by atoms with Gasteiger partial charge in [-0.2, -0.15) is 0 Å². The van der Waals surface area contributed by atoms with Crippen molar-refractivity contribution in [3.8, 4) is 11.5 Å². The number of hydrogen-bond donors (Lipinski definition) is 0. The number of benzene rings is 2. The molecule has 0 atom stereocenters. The fraction of sp³-hybridized carbons (Fsp3) is 0.316. The molecule has 0 bridgehead atoms. The summed E-state index contributed by atoms with van der Waals surface area (Å²) < 4.78 is 16.8. The van der Waals surface area contributed by atoms with E-state index in [2.05, 4.69) is 12.9 Å². The lowest BCUT2D eigenvalue weighted by Crippen LogP contribution is -2.40. The van der Waals surface area contributed by atoms with Crippen molar-refractivity contribution in [2.45, 2.75) is 13.4 Å². The summed E-state index contributed by atoms with van der Waals surface area (Å²) in [6.07, 6.45) is 0. The summed E-state index contributed by atoms with van der Waals surface area (Å²) >= 11 is 0. The van der Waals surface area contributed by atoms with Crippen LogP contribution in [0.5, 0.6) is 11.5 Å². The third-order valence-corrected chi connectivity index (χ3v) is 4.68. The molecule has 0 spiro atoms. The van der Waals surface area contributed by atoms with Crippen LogP contribution < -0.4 is 10.2 Å². The van der Waals surface area contributed by atoms with Crippen molar-refractivity contribution in [2.75, 3.05) is 26.3 Å². The normalized spacial score (nSPS) is 16.7. The molecule has 2 aromatic carbocycles. The Morgan fingerprint density at radius 2 is 1.80 bits per heavy atom. The minimum Gasteiger partial charge on any atom is -0.457 e. The lowest BCUT2D eigenvalue weighted by molar-refractivity contribution is 0.0303. The minimum absolute atomic E-state index is 0.0403. The Bertz CT molecular complexity index is 771. The van der Waals surface area contributed by atoms with Crippen molar-refractivity contribution < 1.29 is 18.9 Å². The van der Waals surface area contributed by atoms with Gasteiger partial charge in [-0.25, -0.2) is 0 Å². The molecule has 4 rings (SSSR count). The first-order valence-corrected chi connectivity index (χ1v) is 8.60. The molecule has 0 N–H and O–H groups in total. The van der Waals surface area contributed by atoms with E-state index in [-0.39, 0.29) is 12.8 Å². The molecular formula is C19H20BNO4. The van der Waals surface area contributed by atoms with Gasteiger partial charge in [0.1, 0.15) is 11.5 Å². The molecule has 0 radical (unpaired) electrons. The van der Waals surface area contributed by atoms with Gasteiger partial charge in [-0.1, -0.05) is 12.9 Å². The summed E-state index contributed by atoms with van der Waals surface area (Å²) in [7, 11) is 0. The molecule has 128 valence electrons. The molecule has 1 amide bonds. The molecule has 25 heavy (non-hydrogen) atoms. The molecular weight excluding hydrogens is 317 g/mol. The lowest BCUT2D eigenvalue weighted by atomic mass is 9.64. The number of hydrogen-bond acceptors (Lipinski definition) is 4. The average Bonchev–Trinajstić information content (AvgIpc) is 3.03. The van der Waals surface area contributed by atoms with Gasteiger partial charge in [0.2, 0.25) is 0 Å². The van der Waals surface area contributed by atoms with E-state index in [9.17, 15) is 4.79 Å². The van der Waals surface area contributed by atoms with Crippen LogP contribution in [0.25, 0.3) is 0 Å². The third kappa shape index (κ3) is 3.41. The van der Waals surface area contributed by atoms with E-state index in [4.69, 9.17) is 14.1 Å². The number of carbonyl (C=O) groups is 1. The van der Waals surface area contributed by atoms with E-state index in [0.717, 1.165) is 5.75 Å². The number of fused-ring (bicyclic) bond motifs is 1. The molecule has 0 saturated carbocycles. The van der Waals surface area contributed by atoms with Crippen LogP contribution in [0.15, 0.2) is 42.5 Å². The van der Waals surface area contributed by atoms with Crippen molar-refractivity contribution in [1.29, 1.82) is 0 Å². The Balaban J connectivity index is 1.45. The van der Waals surface area contributed by atoms with Crippen LogP contribution in [0.4, 0.5) is 0 Å². The summed E-state index contributed by atoms with van der Waals surface area (Å²) in [6, 6.07) is 13.3. The SMILES string of the molecule is CB1OCc2cc(Oc3ccc(C(=O)N4CCOCC4)cc3)ccc21. The second kappa shape index (κ2) is 6.90. The zero-order valence-electron chi connectivity index (χ0n) is 14.2. The smallest absolute Gasteiger partial charge is 0.324 e. The van der Waals surface area contributed by atoms with Gasteiger partial charge in [-0.3, -0.25) is 4.79 Å². The van der Waals surface area contributed by atoms with Crippen LogP contribution in [-0.4, -0.2) is 44.0 Å². The average molecular weight is 337 g/mol. The van der Waals surface area contributed by atoms with Gasteiger partial charge in [0, 0.05) is 18.7 Å². The highest BCUT2D eigenvalue weighted by atomic mass is 16.5. The fourth-order valence-electron chi connectivity index (χ4n) is 3.22. The first-order valence-electron chi connectivity index (χ1n) is 8.60. The topological polar surface area (TPSA) is 48.0 Å². The molecule has 2 aliphatic heterocycles. The zero-order valence-corrected chi connectivity index (χ0v) is 14.2. The Morgan fingerprint density at radius 3 is 2.56 bits per heavy atom. The molecule has 2 heterocycles. The second-order valence-corrected chi connectivity index (χ2v) is 6.34. The molecule has 0 aliphatic carbocycles. The van der Waals surface area contributed by atoms with Crippen LogP contribution in [0.1, 0.15) is 15.9 Å². The zero-order chi connectivity index (χ0) is 17.2. The quantitative estimate of drug-likeness (QED) is 0.807. The molecule has 2 aliphatic rings. The van der Waals surface area contributed by atoms with Crippen LogP contribution in [0, 0.1) is 0 Å². The molecule has 0 aromatic heterocycles. The van der Waals surface area contributed by atoms with Crippen molar-refractivity contribution in [3.05, 3.63) is 53.6 Å². The van der Waals surface area contributed by atoms with Crippen molar-refractivity contribution in [2.24, 2.45) is 0 Å². The summed E-state index contributed by atoms with van der Waals surface area (Å²) in [6.45, 7) is 5.33. The first kappa shape index (κ1) is 16.2. The van der Waals surface area contributed by atoms with Gasteiger partial charge in [0.15, 0.2) is 0 Å². The predicted molar refractivity (Wildman–Crippen MR) is 95.7 cm³/mol. The van der Waals surface area contributed by atoms with Crippen LogP contribution in [-0.2, 0) is 16.0 Å². The Kier molecular flexibility index (Phi) is 4.47. The number of ether oxygens (including phenoxy) is 2. The number of nitrogens with zero attached hydrogens (tertiary/aromatic N) is 1. The van der Waals surface area contributed by atoms with E-state index in [1.807, 2.05) is 41.3 Å². The standard InChI is InChI=1S/C19H20BNO4/c1-20-18-7-6-17(12-15(18)13-24-20)25-16-4-2-14(3-5-16)19(22)21-8-10-23-11-9-21/h2-7,12H,8-11,13H2,1H3. The lowest BCUT2D eigenvalue weighted by Gasteiger charge is -2.26. The van der Waals surface area contributed by atoms with E-state index in [1.54, 1.807) is 0 Å². The highest BCUT2D eigenvalue weighted by Gasteiger charge is 2.23. The molecule has 1 fully saturated rings. The Labute approximate surface area is 147 Å². The molecule has 0 unspecified atom stereocenters. The number of carbonyl (C=O) groups excluding carboxylic acids is 1. The summed E-state index contributed by atoms with van der Waals surface area (Å²) in [5, 5.41) is 0. The highest BCUT2D eigenvalue weighted by molar-refractivity contribution is 6.67. The summed E-state index contributed by atoms with van der Waals surface area (Å²) in [4.78, 5) is 14.3. The number of rotatable bonds is 3. The number of morpholine rings is 1. The minimum atomic E-state index is 0.0403. The van der Waals surface area contributed by atoms with Crippen molar-refractivity contribution in [3.63, 3.8) is 0 Å². The summed E-state index contributed by atoms with van der Waals surface area (Å²) in [5.41, 5.74) is 3.06. The number of amides is 1. The van der Waals surface area contributed by atoms with Gasteiger partial charge >= 0.3 is 6.92 Å². The molecule has 6 heteroatoms. The maximum atomic E-state index is 12.4. The Morgan fingerprint density at radius 1 is 1.08 bits per heavy atom. The molecule has 5 nitrogen and oxygen atoms in total. The van der Waals surface area contributed by atoms with E-state index in [0.29, 0.717) is 44.2 Å². The van der Waals surface area contributed by atoms with E-state index < -0.39 is 0 Å². The van der Waals surface area contributed by atoms with E-state index >= 15 is 0 Å². The van der Waals surface area contributed by atoms with Crippen molar-refractivity contribution in [1.82, 2.24) is 4.90 Å². The third-order valence-electron chi connectivity index (χ3n) is 4.68. The fourth-order valence-corrected chi connectivity index (χ4v) is 3.22.